The minimum Gasteiger partial charge on any atom is -0.370 e. The normalized spacial score (nSPS) is 19.9. The summed E-state index contributed by atoms with van der Waals surface area (Å²) >= 11 is 0. The van der Waals surface area contributed by atoms with Crippen LogP contribution in [0.25, 0.3) is 0 Å². The Morgan fingerprint density at radius 3 is 2.73 bits per heavy atom. The maximum Gasteiger partial charge on any atom is 0.346 e. The van der Waals surface area contributed by atoms with Crippen LogP contribution >= 0.6 is 0 Å². The molecule has 1 aliphatic heterocycles. The molecular weight excluding hydrogens is 330 g/mol. The molecule has 0 unspecified atom stereocenters. The fraction of sp³-hybridized carbons (Fsp3) is 0.421. The minimum absolute atomic E-state index is 0.106. The van der Waals surface area contributed by atoms with Crippen molar-refractivity contribution in [1.29, 1.82) is 0 Å². The Morgan fingerprint density at radius 2 is 2.04 bits per heavy atom. The number of nitrogens with zero attached hydrogens (tertiary/aromatic N) is 5. The molecule has 4 rings (SSSR count). The first-order chi connectivity index (χ1) is 12.7. The minimum atomic E-state index is -0.196. The lowest BCUT2D eigenvalue weighted by Gasteiger charge is -2.18. The average Bonchev–Trinajstić information content (AvgIpc) is 3.36. The van der Waals surface area contributed by atoms with Gasteiger partial charge in [0.15, 0.2) is 5.82 Å². The molecule has 7 heteroatoms. The van der Waals surface area contributed by atoms with E-state index in [1.165, 1.54) is 10.2 Å². The summed E-state index contributed by atoms with van der Waals surface area (Å²) in [6.45, 7) is 3.61. The highest BCUT2D eigenvalue weighted by Gasteiger charge is 2.35. The third-order valence-corrected chi connectivity index (χ3v) is 5.08. The van der Waals surface area contributed by atoms with Crippen molar-refractivity contribution in [3.05, 3.63) is 70.2 Å². The number of aromatic nitrogens is 5. The third-order valence-electron chi connectivity index (χ3n) is 5.08. The molecule has 1 aliphatic rings. The molecule has 1 saturated heterocycles. The fourth-order valence-corrected chi connectivity index (χ4v) is 3.66. The number of aryl methyl sites for hydroxylation is 1. The van der Waals surface area contributed by atoms with Gasteiger partial charge in [-0.15, -0.1) is 0 Å². The quantitative estimate of drug-likeness (QED) is 0.704. The molecule has 0 amide bonds. The molecule has 0 aliphatic carbocycles. The molecule has 0 N–H and O–H groups in total. The molecule has 136 valence electrons. The van der Waals surface area contributed by atoms with Gasteiger partial charge in [-0.05, 0) is 25.0 Å². The van der Waals surface area contributed by atoms with Gasteiger partial charge in [0, 0.05) is 32.3 Å². The Balaban J connectivity index is 1.71. The third kappa shape index (κ3) is 2.88. The van der Waals surface area contributed by atoms with E-state index in [9.17, 15) is 4.79 Å². The van der Waals surface area contributed by atoms with Crippen LogP contribution in [0.15, 0.2) is 47.4 Å². The van der Waals surface area contributed by atoms with Crippen LogP contribution < -0.4 is 5.69 Å². The summed E-state index contributed by atoms with van der Waals surface area (Å²) < 4.78 is 11.0. The predicted molar refractivity (Wildman–Crippen MR) is 97.0 cm³/mol. The van der Waals surface area contributed by atoms with E-state index in [-0.39, 0.29) is 17.7 Å². The number of benzene rings is 1. The fourth-order valence-electron chi connectivity index (χ4n) is 3.66. The van der Waals surface area contributed by atoms with Gasteiger partial charge in [-0.3, -0.25) is 9.25 Å². The lowest BCUT2D eigenvalue weighted by atomic mass is 9.92. The first-order valence-corrected chi connectivity index (χ1v) is 9.00. The Bertz CT molecular complexity index is 940. The molecule has 1 fully saturated rings. The Labute approximate surface area is 151 Å². The van der Waals surface area contributed by atoms with Crippen molar-refractivity contribution in [2.75, 3.05) is 6.61 Å². The van der Waals surface area contributed by atoms with Crippen molar-refractivity contribution in [1.82, 2.24) is 24.1 Å². The van der Waals surface area contributed by atoms with Gasteiger partial charge in [-0.2, -0.15) is 10.2 Å². The van der Waals surface area contributed by atoms with Crippen LogP contribution in [-0.2, 0) is 24.9 Å². The summed E-state index contributed by atoms with van der Waals surface area (Å²) in [4.78, 5) is 12.8. The van der Waals surface area contributed by atoms with Crippen molar-refractivity contribution in [2.24, 2.45) is 7.05 Å². The summed E-state index contributed by atoms with van der Waals surface area (Å²) in [7, 11) is 1.86. The SMILES string of the molecule is CCn1c([C@H]2OCC[C@H]2c2ccccc2)nn(Cc2ccnn2C)c1=O. The molecular formula is C19H23N5O2. The van der Waals surface area contributed by atoms with Crippen LogP contribution in [0.2, 0.25) is 0 Å². The van der Waals surface area contributed by atoms with Crippen LogP contribution in [0.1, 0.15) is 42.4 Å². The summed E-state index contributed by atoms with van der Waals surface area (Å²) in [6.07, 6.45) is 2.46. The summed E-state index contributed by atoms with van der Waals surface area (Å²) in [5, 5.41) is 8.82. The molecule has 1 aromatic carbocycles. The highest BCUT2D eigenvalue weighted by Crippen LogP contribution is 2.40. The highest BCUT2D eigenvalue weighted by molar-refractivity contribution is 5.23. The van der Waals surface area contributed by atoms with Crippen LogP contribution in [-0.4, -0.2) is 30.7 Å². The molecule has 0 radical (unpaired) electrons. The Kier molecular flexibility index (Phi) is 4.46. The number of hydrogen-bond donors (Lipinski definition) is 0. The molecule has 3 aromatic rings. The van der Waals surface area contributed by atoms with Crippen LogP contribution in [0.4, 0.5) is 0 Å². The monoisotopic (exact) mass is 353 g/mol. The van der Waals surface area contributed by atoms with Crippen molar-refractivity contribution >= 4 is 0 Å². The average molecular weight is 353 g/mol. The van der Waals surface area contributed by atoms with E-state index >= 15 is 0 Å². The second-order valence-electron chi connectivity index (χ2n) is 6.59. The van der Waals surface area contributed by atoms with Gasteiger partial charge < -0.3 is 4.74 Å². The second-order valence-corrected chi connectivity index (χ2v) is 6.59. The van der Waals surface area contributed by atoms with Gasteiger partial charge in [-0.1, -0.05) is 30.3 Å². The van der Waals surface area contributed by atoms with E-state index in [0.717, 1.165) is 12.1 Å². The standard InChI is InChI=1S/C19H23N5O2/c1-3-23-18(17-16(10-12-26-17)14-7-5-4-6-8-14)21-24(19(23)25)13-15-9-11-20-22(15)2/h4-9,11,16-17H,3,10,12-13H2,1-2H3/t16-,17-/m0/s1. The summed E-state index contributed by atoms with van der Waals surface area (Å²) in [6, 6.07) is 12.2. The zero-order chi connectivity index (χ0) is 18.1. The van der Waals surface area contributed by atoms with E-state index in [1.807, 2.05) is 38.2 Å². The lowest BCUT2D eigenvalue weighted by molar-refractivity contribution is 0.0934. The van der Waals surface area contributed by atoms with E-state index < -0.39 is 0 Å². The zero-order valence-electron chi connectivity index (χ0n) is 15.1. The van der Waals surface area contributed by atoms with Gasteiger partial charge in [-0.25, -0.2) is 9.48 Å². The Morgan fingerprint density at radius 1 is 1.23 bits per heavy atom. The molecule has 26 heavy (non-hydrogen) atoms. The molecule has 3 heterocycles. The predicted octanol–water partition coefficient (Wildman–Crippen LogP) is 2.09. The molecule has 2 aromatic heterocycles. The van der Waals surface area contributed by atoms with E-state index in [4.69, 9.17) is 4.74 Å². The summed E-state index contributed by atoms with van der Waals surface area (Å²) in [5.41, 5.74) is 2.06. The maximum atomic E-state index is 12.8. The van der Waals surface area contributed by atoms with E-state index in [1.54, 1.807) is 15.4 Å². The van der Waals surface area contributed by atoms with Gasteiger partial charge in [0.2, 0.25) is 0 Å². The van der Waals surface area contributed by atoms with E-state index in [0.29, 0.717) is 25.5 Å². The van der Waals surface area contributed by atoms with Gasteiger partial charge >= 0.3 is 5.69 Å². The molecule has 0 spiro atoms. The van der Waals surface area contributed by atoms with Crippen molar-refractivity contribution in [2.45, 2.75) is 38.5 Å². The maximum absolute atomic E-state index is 12.8. The number of ether oxygens (including phenoxy) is 1. The number of hydrogen-bond acceptors (Lipinski definition) is 4. The highest BCUT2D eigenvalue weighted by atomic mass is 16.5. The molecule has 0 bridgehead atoms. The molecule has 7 nitrogen and oxygen atoms in total. The van der Waals surface area contributed by atoms with Crippen molar-refractivity contribution in [3.8, 4) is 0 Å². The van der Waals surface area contributed by atoms with Gasteiger partial charge in [0.25, 0.3) is 0 Å². The molecule has 0 saturated carbocycles. The first-order valence-electron chi connectivity index (χ1n) is 9.00. The zero-order valence-corrected chi connectivity index (χ0v) is 15.1. The first kappa shape index (κ1) is 16.8. The lowest BCUT2D eigenvalue weighted by Crippen LogP contribution is -2.26. The topological polar surface area (TPSA) is 66.9 Å². The Hall–Kier alpha value is -2.67. The second kappa shape index (κ2) is 6.92. The van der Waals surface area contributed by atoms with E-state index in [2.05, 4.69) is 22.3 Å². The van der Waals surface area contributed by atoms with Gasteiger partial charge in [0.1, 0.15) is 6.10 Å². The number of rotatable bonds is 5. The van der Waals surface area contributed by atoms with Crippen LogP contribution in [0.3, 0.4) is 0 Å². The smallest absolute Gasteiger partial charge is 0.346 e. The van der Waals surface area contributed by atoms with Crippen molar-refractivity contribution < 1.29 is 4.74 Å². The molecule has 2 atom stereocenters. The van der Waals surface area contributed by atoms with Crippen LogP contribution in [0, 0.1) is 0 Å². The largest absolute Gasteiger partial charge is 0.370 e. The van der Waals surface area contributed by atoms with Crippen LogP contribution in [0.5, 0.6) is 0 Å². The van der Waals surface area contributed by atoms with Gasteiger partial charge in [0.05, 0.1) is 12.2 Å². The van der Waals surface area contributed by atoms with Crippen molar-refractivity contribution in [3.63, 3.8) is 0 Å². The summed E-state index contributed by atoms with van der Waals surface area (Å²) in [5.74, 6) is 0.930.